The van der Waals surface area contributed by atoms with Gasteiger partial charge in [0, 0.05) is 25.0 Å². The van der Waals surface area contributed by atoms with Crippen molar-refractivity contribution >= 4 is 43.0 Å². The first-order valence-electron chi connectivity index (χ1n) is 8.34. The number of sulfone groups is 1. The summed E-state index contributed by atoms with van der Waals surface area (Å²) >= 11 is 5.05. The molecule has 1 aromatic heterocycles. The molecule has 1 aliphatic heterocycles. The van der Waals surface area contributed by atoms with Crippen molar-refractivity contribution in [3.8, 4) is 0 Å². The van der Waals surface area contributed by atoms with Gasteiger partial charge in [0.2, 0.25) is 5.91 Å². The summed E-state index contributed by atoms with van der Waals surface area (Å²) in [6.45, 7) is 1.29. The second-order valence-corrected chi connectivity index (χ2v) is 11.3. The molecule has 0 radical (unpaired) electrons. The van der Waals surface area contributed by atoms with Crippen molar-refractivity contribution in [2.45, 2.75) is 12.6 Å². The van der Waals surface area contributed by atoms with Crippen molar-refractivity contribution in [2.75, 3.05) is 31.6 Å². The Hall–Kier alpha value is -1.22. The molecule has 5 nitrogen and oxygen atoms in total. The van der Waals surface area contributed by atoms with Crippen LogP contribution in [-0.2, 0) is 21.2 Å². The molecule has 0 aliphatic carbocycles. The summed E-state index contributed by atoms with van der Waals surface area (Å²) in [6, 6.07) is 13.1. The fraction of sp³-hybridized carbons (Fsp3) is 0.389. The Balaban J connectivity index is 1.81. The molecule has 1 amide bonds. The molecule has 0 bridgehead atoms. The van der Waals surface area contributed by atoms with E-state index in [4.69, 9.17) is 0 Å². The number of hydrogen-bond acceptors (Lipinski definition) is 5. The quantitative estimate of drug-likeness (QED) is 0.693. The predicted molar refractivity (Wildman–Crippen MR) is 108 cm³/mol. The summed E-state index contributed by atoms with van der Waals surface area (Å²) in [6.07, 6.45) is 0. The number of carbonyl (C=O) groups excluding carboxylic acids is 1. The fourth-order valence-corrected chi connectivity index (χ4v) is 5.85. The maximum absolute atomic E-state index is 13.2. The van der Waals surface area contributed by atoms with Crippen LogP contribution in [-0.4, -0.2) is 55.8 Å². The number of benzene rings is 1. The zero-order chi connectivity index (χ0) is 18.7. The van der Waals surface area contributed by atoms with Crippen LogP contribution in [0.4, 0.5) is 0 Å². The number of hydrogen-bond donors (Lipinski definition) is 0. The van der Waals surface area contributed by atoms with Gasteiger partial charge in [0.1, 0.15) is 6.04 Å². The van der Waals surface area contributed by atoms with Crippen LogP contribution in [0.2, 0.25) is 0 Å². The second kappa shape index (κ2) is 8.21. The van der Waals surface area contributed by atoms with Gasteiger partial charge in [-0.15, -0.1) is 11.3 Å². The van der Waals surface area contributed by atoms with Gasteiger partial charge in [-0.05, 0) is 33.6 Å². The van der Waals surface area contributed by atoms with E-state index in [2.05, 4.69) is 15.9 Å². The summed E-state index contributed by atoms with van der Waals surface area (Å²) in [5, 5.41) is 0. The average molecular weight is 457 g/mol. The van der Waals surface area contributed by atoms with E-state index in [1.165, 1.54) is 0 Å². The third kappa shape index (κ3) is 4.73. The Morgan fingerprint density at radius 2 is 1.85 bits per heavy atom. The number of carbonyl (C=O) groups is 1. The van der Waals surface area contributed by atoms with Gasteiger partial charge < -0.3 is 4.90 Å². The Kier molecular flexibility index (Phi) is 6.17. The van der Waals surface area contributed by atoms with Crippen LogP contribution in [0.1, 0.15) is 16.5 Å². The summed E-state index contributed by atoms with van der Waals surface area (Å²) in [7, 11) is -1.20. The van der Waals surface area contributed by atoms with Crippen LogP contribution >= 0.6 is 27.3 Å². The van der Waals surface area contributed by atoms with E-state index in [-0.39, 0.29) is 17.4 Å². The minimum atomic E-state index is -2.99. The van der Waals surface area contributed by atoms with E-state index in [0.717, 1.165) is 14.2 Å². The van der Waals surface area contributed by atoms with Crippen LogP contribution in [0, 0.1) is 0 Å². The lowest BCUT2D eigenvalue weighted by Gasteiger charge is -2.35. The third-order valence-electron chi connectivity index (χ3n) is 4.49. The zero-order valence-electron chi connectivity index (χ0n) is 14.5. The normalized spacial score (nSPS) is 18.4. The van der Waals surface area contributed by atoms with E-state index in [1.54, 1.807) is 23.3 Å². The van der Waals surface area contributed by atoms with Crippen LogP contribution in [0.25, 0.3) is 0 Å². The van der Waals surface area contributed by atoms with Gasteiger partial charge in [-0.25, -0.2) is 8.42 Å². The van der Waals surface area contributed by atoms with Crippen LogP contribution in [0.3, 0.4) is 0 Å². The summed E-state index contributed by atoms with van der Waals surface area (Å²) in [5.74, 6) is 0.191. The summed E-state index contributed by atoms with van der Waals surface area (Å²) in [4.78, 5) is 18.0. The average Bonchev–Trinajstić information content (AvgIpc) is 3.02. The first-order valence-corrected chi connectivity index (χ1v) is 11.8. The highest BCUT2D eigenvalue weighted by atomic mass is 79.9. The maximum Gasteiger partial charge on any atom is 0.244 e. The van der Waals surface area contributed by atoms with Crippen molar-refractivity contribution in [1.29, 1.82) is 0 Å². The smallest absolute Gasteiger partial charge is 0.244 e. The van der Waals surface area contributed by atoms with Gasteiger partial charge in [0.05, 0.1) is 21.8 Å². The molecule has 8 heteroatoms. The van der Waals surface area contributed by atoms with Gasteiger partial charge in [0.25, 0.3) is 0 Å². The zero-order valence-corrected chi connectivity index (χ0v) is 17.7. The predicted octanol–water partition coefficient (Wildman–Crippen LogP) is 2.94. The van der Waals surface area contributed by atoms with Gasteiger partial charge in [0.15, 0.2) is 9.84 Å². The monoisotopic (exact) mass is 456 g/mol. The number of thiophene rings is 1. The molecule has 3 rings (SSSR count). The highest BCUT2D eigenvalue weighted by molar-refractivity contribution is 9.11. The largest absolute Gasteiger partial charge is 0.339 e. The molecule has 1 aromatic carbocycles. The summed E-state index contributed by atoms with van der Waals surface area (Å²) in [5.41, 5.74) is 0.899. The Morgan fingerprint density at radius 3 is 2.42 bits per heavy atom. The molecule has 2 aromatic rings. The highest BCUT2D eigenvalue weighted by Gasteiger charge is 2.34. The van der Waals surface area contributed by atoms with Crippen molar-refractivity contribution in [1.82, 2.24) is 9.80 Å². The molecule has 1 fully saturated rings. The van der Waals surface area contributed by atoms with Crippen molar-refractivity contribution in [3.63, 3.8) is 0 Å². The van der Waals surface area contributed by atoms with E-state index in [0.29, 0.717) is 19.6 Å². The molecular weight excluding hydrogens is 436 g/mol. The van der Waals surface area contributed by atoms with Gasteiger partial charge >= 0.3 is 0 Å². The molecule has 26 heavy (non-hydrogen) atoms. The SMILES string of the molecule is CN(Cc1ccc(Br)s1)C(=O)C(c1ccccc1)N1CCS(=O)(=O)CC1. The number of amides is 1. The fourth-order valence-electron chi connectivity index (χ4n) is 3.09. The molecule has 2 heterocycles. The van der Waals surface area contributed by atoms with Crippen LogP contribution in [0.15, 0.2) is 46.3 Å². The highest BCUT2D eigenvalue weighted by Crippen LogP contribution is 2.27. The molecule has 140 valence electrons. The first kappa shape index (κ1) is 19.5. The molecule has 0 N–H and O–H groups in total. The van der Waals surface area contributed by atoms with Crippen molar-refractivity contribution in [2.24, 2.45) is 0 Å². The number of rotatable bonds is 5. The van der Waals surface area contributed by atoms with Crippen LogP contribution in [0.5, 0.6) is 0 Å². The van der Waals surface area contributed by atoms with Crippen molar-refractivity contribution in [3.05, 3.63) is 56.7 Å². The lowest BCUT2D eigenvalue weighted by atomic mass is 10.0. The number of halogens is 1. The van der Waals surface area contributed by atoms with Crippen LogP contribution < -0.4 is 0 Å². The second-order valence-electron chi connectivity index (χ2n) is 6.40. The number of nitrogens with zero attached hydrogens (tertiary/aromatic N) is 2. The maximum atomic E-state index is 13.2. The minimum Gasteiger partial charge on any atom is -0.339 e. The number of likely N-dealkylation sites (N-methyl/N-ethyl adjacent to an activating group) is 1. The van der Waals surface area contributed by atoms with E-state index in [9.17, 15) is 13.2 Å². The Bertz CT molecular complexity index is 854. The lowest BCUT2D eigenvalue weighted by molar-refractivity contribution is -0.136. The van der Waals surface area contributed by atoms with Crippen molar-refractivity contribution < 1.29 is 13.2 Å². The molecule has 0 spiro atoms. The van der Waals surface area contributed by atoms with Gasteiger partial charge in [-0.2, -0.15) is 0 Å². The third-order valence-corrected chi connectivity index (χ3v) is 7.71. The molecular formula is C18H21BrN2O3S2. The molecule has 1 saturated heterocycles. The topological polar surface area (TPSA) is 57.7 Å². The standard InChI is InChI=1S/C18H21BrN2O3S2/c1-20(13-15-7-8-16(19)25-15)18(22)17(14-5-3-2-4-6-14)21-9-11-26(23,24)12-10-21/h2-8,17H,9-13H2,1H3. The molecule has 0 saturated carbocycles. The molecule has 1 unspecified atom stereocenters. The van der Waals surface area contributed by atoms with E-state index < -0.39 is 15.9 Å². The Labute approximate surface area is 166 Å². The Morgan fingerprint density at radius 1 is 1.19 bits per heavy atom. The summed E-state index contributed by atoms with van der Waals surface area (Å²) < 4.78 is 24.6. The van der Waals surface area contributed by atoms with Gasteiger partial charge in [-0.1, -0.05) is 30.3 Å². The molecule has 1 aliphatic rings. The first-order chi connectivity index (χ1) is 12.4. The van der Waals surface area contributed by atoms with E-state index in [1.807, 2.05) is 47.4 Å². The lowest BCUT2D eigenvalue weighted by Crippen LogP contribution is -2.47. The minimum absolute atomic E-state index is 0.0139. The van der Waals surface area contributed by atoms with E-state index >= 15 is 0 Å². The molecule has 1 atom stereocenters. The van der Waals surface area contributed by atoms with Gasteiger partial charge in [-0.3, -0.25) is 9.69 Å².